The lowest BCUT2D eigenvalue weighted by Gasteiger charge is -2.08. The number of rotatable bonds is 2. The molecule has 0 unspecified atom stereocenters. The summed E-state index contributed by atoms with van der Waals surface area (Å²) in [5.74, 6) is 0. The zero-order chi connectivity index (χ0) is 9.97. The molecule has 0 radical (unpaired) electrons. The number of hydrogen-bond acceptors (Lipinski definition) is 3. The molecule has 1 aromatic heterocycles. The molecule has 0 bridgehead atoms. The van der Waals surface area contributed by atoms with Crippen LogP contribution in [0.3, 0.4) is 0 Å². The molecular formula is C11H13N3. The van der Waals surface area contributed by atoms with Crippen LogP contribution in [0.4, 0.5) is 11.4 Å². The van der Waals surface area contributed by atoms with E-state index in [0.717, 1.165) is 28.8 Å². The summed E-state index contributed by atoms with van der Waals surface area (Å²) in [5.41, 5.74) is 8.51. The van der Waals surface area contributed by atoms with Crippen molar-refractivity contribution in [2.24, 2.45) is 0 Å². The molecule has 0 saturated heterocycles. The monoisotopic (exact) mass is 187 g/mol. The normalized spacial score (nSPS) is 10.4. The summed E-state index contributed by atoms with van der Waals surface area (Å²) in [6.07, 6.45) is 1.76. The Morgan fingerprint density at radius 1 is 1.36 bits per heavy atom. The fraction of sp³-hybridized carbons (Fsp3) is 0.182. The van der Waals surface area contributed by atoms with Gasteiger partial charge in [0.1, 0.15) is 0 Å². The van der Waals surface area contributed by atoms with Crippen LogP contribution in [-0.4, -0.2) is 11.5 Å². The van der Waals surface area contributed by atoms with Gasteiger partial charge >= 0.3 is 0 Å². The average molecular weight is 187 g/mol. The maximum absolute atomic E-state index is 5.83. The highest BCUT2D eigenvalue weighted by atomic mass is 14.9. The molecule has 0 aliphatic heterocycles. The van der Waals surface area contributed by atoms with E-state index in [4.69, 9.17) is 5.73 Å². The molecule has 0 spiro atoms. The summed E-state index contributed by atoms with van der Waals surface area (Å²) in [4.78, 5) is 4.26. The van der Waals surface area contributed by atoms with E-state index in [-0.39, 0.29) is 0 Å². The Kier molecular flexibility index (Phi) is 2.23. The third-order valence-electron chi connectivity index (χ3n) is 2.17. The number of pyridine rings is 1. The molecular weight excluding hydrogens is 174 g/mol. The van der Waals surface area contributed by atoms with Crippen LogP contribution < -0.4 is 11.1 Å². The number of aromatic nitrogens is 1. The molecule has 1 heterocycles. The number of fused-ring (bicyclic) bond motifs is 1. The molecule has 0 saturated carbocycles. The van der Waals surface area contributed by atoms with E-state index in [1.807, 2.05) is 24.3 Å². The van der Waals surface area contributed by atoms with Gasteiger partial charge in [-0.05, 0) is 31.2 Å². The molecule has 3 heteroatoms. The van der Waals surface area contributed by atoms with Gasteiger partial charge in [0.2, 0.25) is 0 Å². The number of anilines is 2. The van der Waals surface area contributed by atoms with Gasteiger partial charge in [-0.15, -0.1) is 0 Å². The molecule has 3 N–H and O–H groups in total. The highest BCUT2D eigenvalue weighted by Crippen LogP contribution is 2.25. The molecule has 2 aromatic rings. The first-order valence-electron chi connectivity index (χ1n) is 4.70. The Balaban J connectivity index is 2.68. The van der Waals surface area contributed by atoms with Crippen LogP contribution in [0.5, 0.6) is 0 Å². The van der Waals surface area contributed by atoms with Crippen molar-refractivity contribution in [3.63, 3.8) is 0 Å². The topological polar surface area (TPSA) is 50.9 Å². The lowest BCUT2D eigenvalue weighted by molar-refractivity contribution is 1.22. The van der Waals surface area contributed by atoms with Crippen LogP contribution in [0.25, 0.3) is 10.9 Å². The second-order valence-corrected chi connectivity index (χ2v) is 3.13. The lowest BCUT2D eigenvalue weighted by Crippen LogP contribution is -1.99. The summed E-state index contributed by atoms with van der Waals surface area (Å²) < 4.78 is 0. The molecule has 0 amide bonds. The third kappa shape index (κ3) is 1.37. The largest absolute Gasteiger partial charge is 0.397 e. The van der Waals surface area contributed by atoms with Crippen LogP contribution >= 0.6 is 0 Å². The van der Waals surface area contributed by atoms with Crippen LogP contribution in [0.2, 0.25) is 0 Å². The standard InChI is InChI=1S/C11H13N3/c1-2-13-10-6-5-9(12)11-8(10)4-3-7-14-11/h3-7,13H,2,12H2,1H3. The predicted molar refractivity (Wildman–Crippen MR) is 60.3 cm³/mol. The molecule has 0 atom stereocenters. The summed E-state index contributed by atoms with van der Waals surface area (Å²) in [6, 6.07) is 7.81. The van der Waals surface area contributed by atoms with Gasteiger partial charge in [0.25, 0.3) is 0 Å². The van der Waals surface area contributed by atoms with Gasteiger partial charge in [0.15, 0.2) is 0 Å². The first-order valence-corrected chi connectivity index (χ1v) is 4.70. The molecule has 0 aliphatic rings. The van der Waals surface area contributed by atoms with Crippen LogP contribution in [0.15, 0.2) is 30.5 Å². The van der Waals surface area contributed by atoms with E-state index in [9.17, 15) is 0 Å². The fourth-order valence-corrected chi connectivity index (χ4v) is 1.54. The van der Waals surface area contributed by atoms with Crippen molar-refractivity contribution in [1.29, 1.82) is 0 Å². The molecule has 72 valence electrons. The Morgan fingerprint density at radius 2 is 2.21 bits per heavy atom. The quantitative estimate of drug-likeness (QED) is 0.709. The SMILES string of the molecule is CCNc1ccc(N)c2ncccc12. The summed E-state index contributed by atoms with van der Waals surface area (Å²) in [5, 5.41) is 4.36. The molecule has 14 heavy (non-hydrogen) atoms. The van der Waals surface area contributed by atoms with E-state index in [1.54, 1.807) is 6.20 Å². The number of nitrogens with one attached hydrogen (secondary N) is 1. The minimum atomic E-state index is 0.724. The van der Waals surface area contributed by atoms with E-state index in [1.165, 1.54) is 0 Å². The van der Waals surface area contributed by atoms with E-state index in [0.29, 0.717) is 0 Å². The number of benzene rings is 1. The minimum Gasteiger partial charge on any atom is -0.397 e. The van der Waals surface area contributed by atoms with Gasteiger partial charge in [-0.2, -0.15) is 0 Å². The Morgan fingerprint density at radius 3 is 3.00 bits per heavy atom. The van der Waals surface area contributed by atoms with Gasteiger partial charge in [-0.25, -0.2) is 0 Å². The maximum Gasteiger partial charge on any atom is 0.0951 e. The lowest BCUT2D eigenvalue weighted by atomic mass is 10.1. The van der Waals surface area contributed by atoms with Crippen LogP contribution in [0.1, 0.15) is 6.92 Å². The second kappa shape index (κ2) is 3.54. The van der Waals surface area contributed by atoms with Crippen LogP contribution in [-0.2, 0) is 0 Å². The number of nitrogens with two attached hydrogens (primary N) is 1. The van der Waals surface area contributed by atoms with E-state index in [2.05, 4.69) is 17.2 Å². The Hall–Kier alpha value is -1.77. The summed E-state index contributed by atoms with van der Waals surface area (Å²) >= 11 is 0. The van der Waals surface area contributed by atoms with Gasteiger partial charge in [0, 0.05) is 23.8 Å². The number of nitrogen functional groups attached to an aromatic ring is 1. The van der Waals surface area contributed by atoms with Crippen molar-refractivity contribution >= 4 is 22.3 Å². The first-order chi connectivity index (χ1) is 6.83. The zero-order valence-electron chi connectivity index (χ0n) is 8.12. The number of nitrogens with zero attached hydrogens (tertiary/aromatic N) is 1. The highest BCUT2D eigenvalue weighted by molar-refractivity contribution is 5.98. The minimum absolute atomic E-state index is 0.724. The van der Waals surface area contributed by atoms with Gasteiger partial charge in [-0.3, -0.25) is 4.98 Å². The van der Waals surface area contributed by atoms with Crippen molar-refractivity contribution < 1.29 is 0 Å². The summed E-state index contributed by atoms with van der Waals surface area (Å²) in [6.45, 7) is 2.96. The summed E-state index contributed by atoms with van der Waals surface area (Å²) in [7, 11) is 0. The van der Waals surface area contributed by atoms with Crippen molar-refractivity contribution in [2.75, 3.05) is 17.6 Å². The molecule has 0 aliphatic carbocycles. The van der Waals surface area contributed by atoms with Crippen LogP contribution in [0, 0.1) is 0 Å². The van der Waals surface area contributed by atoms with Gasteiger partial charge in [0.05, 0.1) is 11.2 Å². The van der Waals surface area contributed by atoms with Crippen molar-refractivity contribution in [3.8, 4) is 0 Å². The Bertz CT molecular complexity index is 451. The van der Waals surface area contributed by atoms with Gasteiger partial charge < -0.3 is 11.1 Å². The number of hydrogen-bond donors (Lipinski definition) is 2. The average Bonchev–Trinajstić information content (AvgIpc) is 2.23. The molecule has 2 rings (SSSR count). The highest BCUT2D eigenvalue weighted by Gasteiger charge is 2.02. The second-order valence-electron chi connectivity index (χ2n) is 3.13. The first kappa shape index (κ1) is 8.81. The fourth-order valence-electron chi connectivity index (χ4n) is 1.54. The van der Waals surface area contributed by atoms with Crippen molar-refractivity contribution in [2.45, 2.75) is 6.92 Å². The van der Waals surface area contributed by atoms with E-state index < -0.39 is 0 Å². The predicted octanol–water partition coefficient (Wildman–Crippen LogP) is 2.25. The zero-order valence-corrected chi connectivity index (χ0v) is 8.12. The smallest absolute Gasteiger partial charge is 0.0951 e. The van der Waals surface area contributed by atoms with E-state index >= 15 is 0 Å². The third-order valence-corrected chi connectivity index (χ3v) is 2.17. The maximum atomic E-state index is 5.83. The molecule has 0 fully saturated rings. The molecule has 1 aromatic carbocycles. The Labute approximate surface area is 83.0 Å². The van der Waals surface area contributed by atoms with Gasteiger partial charge in [-0.1, -0.05) is 0 Å². The molecule has 3 nitrogen and oxygen atoms in total. The van der Waals surface area contributed by atoms with Crippen molar-refractivity contribution in [3.05, 3.63) is 30.5 Å². The van der Waals surface area contributed by atoms with Crippen molar-refractivity contribution in [1.82, 2.24) is 4.98 Å².